The van der Waals surface area contributed by atoms with Crippen molar-refractivity contribution in [3.8, 4) is 5.75 Å². The number of nitrogens with two attached hydrogens (primary N) is 1. The van der Waals surface area contributed by atoms with Crippen molar-refractivity contribution in [3.05, 3.63) is 29.8 Å². The van der Waals surface area contributed by atoms with Gasteiger partial charge in [0.2, 0.25) is 0 Å². The first-order chi connectivity index (χ1) is 6.76. The summed E-state index contributed by atoms with van der Waals surface area (Å²) in [4.78, 5) is 0.427. The second-order valence-electron chi connectivity index (χ2n) is 3.16. The lowest BCUT2D eigenvalue weighted by Crippen LogP contribution is -2.09. The first kappa shape index (κ1) is 11.5. The molecule has 78 valence electrons. The molecule has 0 aromatic heterocycles. The zero-order valence-corrected chi connectivity index (χ0v) is 9.96. The smallest absolute Gasteiger partial charge is 0.119 e. The van der Waals surface area contributed by atoms with Gasteiger partial charge in [0.05, 0.1) is 0 Å². The molecule has 1 rings (SSSR count). The van der Waals surface area contributed by atoms with Gasteiger partial charge < -0.3 is 10.5 Å². The van der Waals surface area contributed by atoms with Gasteiger partial charge in [-0.25, -0.2) is 0 Å². The number of ether oxygens (including phenoxy) is 1. The summed E-state index contributed by atoms with van der Waals surface area (Å²) in [7, 11) is 0. The lowest BCUT2D eigenvalue weighted by molar-refractivity contribution is 0.317. The topological polar surface area (TPSA) is 35.2 Å². The molecule has 0 spiro atoms. The summed E-state index contributed by atoms with van der Waals surface area (Å²) >= 11 is 3.52. The molecule has 2 nitrogen and oxygen atoms in total. The minimum atomic E-state index is 0.427. The fraction of sp³-hybridized carbons (Fsp3) is 0.455. The lowest BCUT2D eigenvalue weighted by Gasteiger charge is -2.09. The highest BCUT2D eigenvalue weighted by Crippen LogP contribution is 2.14. The molecule has 0 aliphatic heterocycles. The van der Waals surface area contributed by atoms with E-state index in [9.17, 15) is 0 Å². The second kappa shape index (κ2) is 6.04. The predicted octanol–water partition coefficient (Wildman–Crippen LogP) is 2.70. The van der Waals surface area contributed by atoms with Crippen molar-refractivity contribution in [3.63, 3.8) is 0 Å². The van der Waals surface area contributed by atoms with Crippen LogP contribution < -0.4 is 10.5 Å². The van der Waals surface area contributed by atoms with Crippen molar-refractivity contribution in [1.29, 1.82) is 0 Å². The van der Waals surface area contributed by atoms with Crippen LogP contribution in [0.4, 0.5) is 0 Å². The van der Waals surface area contributed by atoms with Crippen LogP contribution in [-0.4, -0.2) is 11.4 Å². The molecule has 14 heavy (non-hydrogen) atoms. The zero-order valence-electron chi connectivity index (χ0n) is 8.37. The molecule has 2 N–H and O–H groups in total. The SMILES string of the molecule is CCC(Br)COc1ccc(CN)cc1. The summed E-state index contributed by atoms with van der Waals surface area (Å²) in [5, 5.41) is 0. The van der Waals surface area contributed by atoms with Gasteiger partial charge in [0.1, 0.15) is 12.4 Å². The molecular formula is C11H16BrNO. The quantitative estimate of drug-likeness (QED) is 0.824. The Morgan fingerprint density at radius 2 is 2.00 bits per heavy atom. The molecule has 0 aliphatic rings. The monoisotopic (exact) mass is 257 g/mol. The Kier molecular flexibility index (Phi) is 4.98. The summed E-state index contributed by atoms with van der Waals surface area (Å²) in [5.41, 5.74) is 6.62. The minimum Gasteiger partial charge on any atom is -0.492 e. The van der Waals surface area contributed by atoms with Gasteiger partial charge in [-0.3, -0.25) is 0 Å². The van der Waals surface area contributed by atoms with Crippen LogP contribution in [0.15, 0.2) is 24.3 Å². The maximum absolute atomic E-state index is 5.57. The lowest BCUT2D eigenvalue weighted by atomic mass is 10.2. The fourth-order valence-electron chi connectivity index (χ4n) is 1.03. The summed E-state index contributed by atoms with van der Waals surface area (Å²) in [6.45, 7) is 3.41. The van der Waals surface area contributed by atoms with Crippen LogP contribution in [-0.2, 0) is 6.54 Å². The molecule has 3 heteroatoms. The van der Waals surface area contributed by atoms with E-state index >= 15 is 0 Å². The number of hydrogen-bond acceptors (Lipinski definition) is 2. The van der Waals surface area contributed by atoms with Crippen molar-refractivity contribution in [2.45, 2.75) is 24.7 Å². The summed E-state index contributed by atoms with van der Waals surface area (Å²) < 4.78 is 5.57. The van der Waals surface area contributed by atoms with Crippen LogP contribution in [0, 0.1) is 0 Å². The van der Waals surface area contributed by atoms with E-state index in [1.807, 2.05) is 24.3 Å². The van der Waals surface area contributed by atoms with Crippen LogP contribution in [0.2, 0.25) is 0 Å². The van der Waals surface area contributed by atoms with Crippen molar-refractivity contribution in [2.24, 2.45) is 5.73 Å². The normalized spacial score (nSPS) is 12.5. The standard InChI is InChI=1S/C11H16BrNO/c1-2-10(12)8-14-11-5-3-9(7-13)4-6-11/h3-6,10H,2,7-8,13H2,1H3. The maximum Gasteiger partial charge on any atom is 0.119 e. The molecule has 0 fully saturated rings. The molecule has 0 amide bonds. The van der Waals surface area contributed by atoms with Crippen molar-refractivity contribution in [1.82, 2.24) is 0 Å². The van der Waals surface area contributed by atoms with Gasteiger partial charge in [0, 0.05) is 11.4 Å². The van der Waals surface area contributed by atoms with Crippen molar-refractivity contribution < 1.29 is 4.74 Å². The number of rotatable bonds is 5. The largest absolute Gasteiger partial charge is 0.492 e. The van der Waals surface area contributed by atoms with E-state index in [1.165, 1.54) is 0 Å². The van der Waals surface area contributed by atoms with E-state index in [-0.39, 0.29) is 0 Å². The van der Waals surface area contributed by atoms with Crippen LogP contribution >= 0.6 is 15.9 Å². The zero-order chi connectivity index (χ0) is 10.4. The van der Waals surface area contributed by atoms with Crippen LogP contribution in [0.25, 0.3) is 0 Å². The Bertz CT molecular complexity index is 260. The minimum absolute atomic E-state index is 0.427. The molecule has 0 radical (unpaired) electrons. The third kappa shape index (κ3) is 3.68. The van der Waals surface area contributed by atoms with Crippen LogP contribution in [0.1, 0.15) is 18.9 Å². The Labute approximate surface area is 93.6 Å². The second-order valence-corrected chi connectivity index (χ2v) is 4.46. The molecule has 1 atom stereocenters. The molecule has 1 aromatic rings. The van der Waals surface area contributed by atoms with E-state index in [4.69, 9.17) is 10.5 Å². The molecule has 0 heterocycles. The van der Waals surface area contributed by atoms with Gasteiger partial charge in [0.15, 0.2) is 0 Å². The first-order valence-corrected chi connectivity index (χ1v) is 5.73. The van der Waals surface area contributed by atoms with Crippen molar-refractivity contribution in [2.75, 3.05) is 6.61 Å². The summed E-state index contributed by atoms with van der Waals surface area (Å²) in [6.07, 6.45) is 1.07. The van der Waals surface area contributed by atoms with Gasteiger partial charge >= 0.3 is 0 Å². The summed E-state index contributed by atoms with van der Waals surface area (Å²) in [5.74, 6) is 0.903. The van der Waals surface area contributed by atoms with Gasteiger partial charge in [-0.05, 0) is 24.1 Å². The number of halogens is 1. The average molecular weight is 258 g/mol. The molecule has 1 aromatic carbocycles. The number of alkyl halides is 1. The molecule has 0 saturated heterocycles. The van der Waals surface area contributed by atoms with Gasteiger partial charge in [0.25, 0.3) is 0 Å². The molecular weight excluding hydrogens is 242 g/mol. The van der Waals surface area contributed by atoms with Gasteiger partial charge in [-0.1, -0.05) is 35.0 Å². The van der Waals surface area contributed by atoms with E-state index in [2.05, 4.69) is 22.9 Å². The van der Waals surface area contributed by atoms with E-state index < -0.39 is 0 Å². The van der Waals surface area contributed by atoms with E-state index in [0.29, 0.717) is 18.0 Å². The Balaban J connectivity index is 2.43. The van der Waals surface area contributed by atoms with Crippen molar-refractivity contribution >= 4 is 15.9 Å². The highest BCUT2D eigenvalue weighted by molar-refractivity contribution is 9.09. The first-order valence-electron chi connectivity index (χ1n) is 4.82. The highest BCUT2D eigenvalue weighted by Gasteiger charge is 2.01. The Morgan fingerprint density at radius 1 is 1.36 bits per heavy atom. The maximum atomic E-state index is 5.57. The highest BCUT2D eigenvalue weighted by atomic mass is 79.9. The average Bonchev–Trinajstić information content (AvgIpc) is 2.26. The molecule has 0 bridgehead atoms. The molecule has 1 unspecified atom stereocenters. The van der Waals surface area contributed by atoms with E-state index in [0.717, 1.165) is 17.7 Å². The Morgan fingerprint density at radius 3 is 2.50 bits per heavy atom. The fourth-order valence-corrected chi connectivity index (χ4v) is 1.16. The Hall–Kier alpha value is -0.540. The third-order valence-corrected chi connectivity index (χ3v) is 2.94. The predicted molar refractivity (Wildman–Crippen MR) is 62.8 cm³/mol. The van der Waals surface area contributed by atoms with Crippen LogP contribution in [0.3, 0.4) is 0 Å². The molecule has 0 saturated carbocycles. The van der Waals surface area contributed by atoms with Crippen LogP contribution in [0.5, 0.6) is 5.75 Å². The summed E-state index contributed by atoms with van der Waals surface area (Å²) in [6, 6.07) is 7.89. The number of hydrogen-bond donors (Lipinski definition) is 1. The molecule has 0 aliphatic carbocycles. The third-order valence-electron chi connectivity index (χ3n) is 2.03. The van der Waals surface area contributed by atoms with Gasteiger partial charge in [-0.2, -0.15) is 0 Å². The number of benzene rings is 1. The van der Waals surface area contributed by atoms with E-state index in [1.54, 1.807) is 0 Å². The van der Waals surface area contributed by atoms with Gasteiger partial charge in [-0.15, -0.1) is 0 Å².